The van der Waals surface area contributed by atoms with Crippen molar-refractivity contribution < 1.29 is 4.79 Å². The normalized spacial score (nSPS) is 38.0. The molecule has 2 atom stereocenters. The predicted molar refractivity (Wildman–Crippen MR) is 51.1 cm³/mol. The molecule has 0 aromatic rings. The van der Waals surface area contributed by atoms with Crippen molar-refractivity contribution in [1.29, 1.82) is 0 Å². The molecule has 1 heterocycles. The van der Waals surface area contributed by atoms with Crippen LogP contribution >= 0.6 is 0 Å². The smallest absolute Gasteiger partial charge is 0.219 e. The third-order valence-electron chi connectivity index (χ3n) is 3.89. The molecule has 0 bridgehead atoms. The molecule has 1 saturated heterocycles. The van der Waals surface area contributed by atoms with E-state index in [1.165, 1.54) is 19.3 Å². The first kappa shape index (κ1) is 9.00. The number of fused-ring (bicyclic) bond motifs is 1. The Morgan fingerprint density at radius 2 is 2.46 bits per heavy atom. The van der Waals surface area contributed by atoms with Gasteiger partial charge in [0.05, 0.1) is 0 Å². The van der Waals surface area contributed by atoms with E-state index in [1.54, 1.807) is 6.92 Å². The summed E-state index contributed by atoms with van der Waals surface area (Å²) in [5, 5.41) is 0. The van der Waals surface area contributed by atoms with Crippen molar-refractivity contribution in [2.24, 2.45) is 17.1 Å². The second-order valence-electron chi connectivity index (χ2n) is 4.56. The molecule has 2 rings (SSSR count). The summed E-state index contributed by atoms with van der Waals surface area (Å²) in [4.78, 5) is 13.2. The summed E-state index contributed by atoms with van der Waals surface area (Å²) in [5.41, 5.74) is 6.12. The topological polar surface area (TPSA) is 46.3 Å². The van der Waals surface area contributed by atoms with Crippen molar-refractivity contribution >= 4 is 5.91 Å². The van der Waals surface area contributed by atoms with Gasteiger partial charge in [0, 0.05) is 25.4 Å². The Labute approximate surface area is 79.3 Å². The molecule has 74 valence electrons. The van der Waals surface area contributed by atoms with Crippen molar-refractivity contribution in [2.75, 3.05) is 19.6 Å². The van der Waals surface area contributed by atoms with Crippen LogP contribution in [0.2, 0.25) is 0 Å². The van der Waals surface area contributed by atoms with Gasteiger partial charge >= 0.3 is 0 Å². The summed E-state index contributed by atoms with van der Waals surface area (Å²) in [7, 11) is 0. The number of carbonyl (C=O) groups is 1. The van der Waals surface area contributed by atoms with Crippen molar-refractivity contribution in [3.8, 4) is 0 Å². The minimum absolute atomic E-state index is 0.210. The number of hydrogen-bond donors (Lipinski definition) is 1. The van der Waals surface area contributed by atoms with E-state index < -0.39 is 0 Å². The first-order valence-electron chi connectivity index (χ1n) is 5.13. The van der Waals surface area contributed by atoms with Crippen LogP contribution in [0, 0.1) is 11.3 Å². The highest BCUT2D eigenvalue weighted by Crippen LogP contribution is 2.47. The van der Waals surface area contributed by atoms with Gasteiger partial charge in [-0.15, -0.1) is 0 Å². The van der Waals surface area contributed by atoms with Crippen LogP contribution < -0.4 is 5.73 Å². The lowest BCUT2D eigenvalue weighted by atomic mass is 9.81. The van der Waals surface area contributed by atoms with Gasteiger partial charge in [0.1, 0.15) is 0 Å². The van der Waals surface area contributed by atoms with Gasteiger partial charge < -0.3 is 10.6 Å². The van der Waals surface area contributed by atoms with Gasteiger partial charge in [-0.2, -0.15) is 0 Å². The SMILES string of the molecule is CC(=O)N1C[C@@H]2CCC[C@]2(CN)C1. The summed E-state index contributed by atoms with van der Waals surface area (Å²) in [6.07, 6.45) is 3.78. The lowest BCUT2D eigenvalue weighted by molar-refractivity contribution is -0.128. The van der Waals surface area contributed by atoms with E-state index in [9.17, 15) is 4.79 Å². The molecule has 3 heteroatoms. The molecule has 1 saturated carbocycles. The van der Waals surface area contributed by atoms with E-state index in [-0.39, 0.29) is 11.3 Å². The number of nitrogens with zero attached hydrogens (tertiary/aromatic N) is 1. The molecular weight excluding hydrogens is 164 g/mol. The Morgan fingerprint density at radius 1 is 1.69 bits per heavy atom. The van der Waals surface area contributed by atoms with Crippen molar-refractivity contribution in [3.05, 3.63) is 0 Å². The molecule has 0 radical (unpaired) electrons. The van der Waals surface area contributed by atoms with Crippen molar-refractivity contribution in [1.82, 2.24) is 4.90 Å². The fraction of sp³-hybridized carbons (Fsp3) is 0.900. The fourth-order valence-corrected chi connectivity index (χ4v) is 2.99. The lowest BCUT2D eigenvalue weighted by Gasteiger charge is -2.26. The average molecular weight is 182 g/mol. The third-order valence-corrected chi connectivity index (χ3v) is 3.89. The number of rotatable bonds is 1. The summed E-state index contributed by atoms with van der Waals surface area (Å²) in [5.74, 6) is 0.892. The minimum atomic E-state index is 0.210. The van der Waals surface area contributed by atoms with E-state index in [0.717, 1.165) is 19.6 Å². The molecule has 1 aliphatic carbocycles. The third kappa shape index (κ3) is 1.26. The maximum absolute atomic E-state index is 11.2. The van der Waals surface area contributed by atoms with E-state index >= 15 is 0 Å². The van der Waals surface area contributed by atoms with Crippen LogP contribution in [0.4, 0.5) is 0 Å². The van der Waals surface area contributed by atoms with Gasteiger partial charge in [0.25, 0.3) is 0 Å². The molecule has 3 nitrogen and oxygen atoms in total. The Balaban J connectivity index is 2.13. The first-order chi connectivity index (χ1) is 6.18. The maximum Gasteiger partial charge on any atom is 0.219 e. The molecule has 1 aliphatic heterocycles. The largest absolute Gasteiger partial charge is 0.342 e. The standard InChI is InChI=1S/C10H18N2O/c1-8(13)12-5-9-3-2-4-10(9,6-11)7-12/h9H,2-7,11H2,1H3/t9-,10-/m0/s1. The second kappa shape index (κ2) is 2.98. The van der Waals surface area contributed by atoms with E-state index in [0.29, 0.717) is 5.92 Å². The highest BCUT2D eigenvalue weighted by molar-refractivity contribution is 5.73. The summed E-state index contributed by atoms with van der Waals surface area (Å²) in [6.45, 7) is 4.27. The maximum atomic E-state index is 11.2. The number of nitrogens with two attached hydrogens (primary N) is 1. The molecule has 13 heavy (non-hydrogen) atoms. The number of likely N-dealkylation sites (tertiary alicyclic amines) is 1. The number of amides is 1. The molecule has 0 unspecified atom stereocenters. The molecule has 0 aromatic heterocycles. The Hall–Kier alpha value is -0.570. The van der Waals surface area contributed by atoms with Crippen LogP contribution in [0.15, 0.2) is 0 Å². The van der Waals surface area contributed by atoms with Crippen LogP contribution in [0.3, 0.4) is 0 Å². The molecule has 2 aliphatic rings. The highest BCUT2D eigenvalue weighted by atomic mass is 16.2. The van der Waals surface area contributed by atoms with Crippen LogP contribution in [0.5, 0.6) is 0 Å². The molecule has 1 amide bonds. The Morgan fingerprint density at radius 3 is 3.00 bits per heavy atom. The van der Waals surface area contributed by atoms with E-state index in [2.05, 4.69) is 0 Å². The van der Waals surface area contributed by atoms with E-state index in [1.807, 2.05) is 4.90 Å². The monoisotopic (exact) mass is 182 g/mol. The van der Waals surface area contributed by atoms with Crippen LogP contribution in [-0.4, -0.2) is 30.4 Å². The summed E-state index contributed by atoms with van der Waals surface area (Å²) >= 11 is 0. The zero-order chi connectivity index (χ0) is 9.47. The first-order valence-corrected chi connectivity index (χ1v) is 5.13. The van der Waals surface area contributed by atoms with Gasteiger partial charge in [0.15, 0.2) is 0 Å². The van der Waals surface area contributed by atoms with Gasteiger partial charge in [-0.3, -0.25) is 4.79 Å². The van der Waals surface area contributed by atoms with Crippen LogP contribution in [-0.2, 0) is 4.79 Å². The van der Waals surface area contributed by atoms with Gasteiger partial charge in [0.2, 0.25) is 5.91 Å². The molecular formula is C10H18N2O. The molecule has 2 fully saturated rings. The molecule has 2 N–H and O–H groups in total. The van der Waals surface area contributed by atoms with Gasteiger partial charge in [-0.25, -0.2) is 0 Å². The zero-order valence-electron chi connectivity index (χ0n) is 8.25. The Bertz CT molecular complexity index is 229. The predicted octanol–water partition coefficient (Wildman–Crippen LogP) is 0.594. The second-order valence-corrected chi connectivity index (χ2v) is 4.56. The fourth-order valence-electron chi connectivity index (χ4n) is 2.99. The zero-order valence-corrected chi connectivity index (χ0v) is 8.25. The molecule has 0 aromatic carbocycles. The quantitative estimate of drug-likeness (QED) is 0.645. The van der Waals surface area contributed by atoms with Crippen molar-refractivity contribution in [3.63, 3.8) is 0 Å². The Kier molecular flexibility index (Phi) is 2.06. The van der Waals surface area contributed by atoms with Gasteiger partial charge in [-0.1, -0.05) is 6.42 Å². The summed E-state index contributed by atoms with van der Waals surface area (Å²) < 4.78 is 0. The van der Waals surface area contributed by atoms with Crippen molar-refractivity contribution in [2.45, 2.75) is 26.2 Å². The number of carbonyl (C=O) groups excluding carboxylic acids is 1. The average Bonchev–Trinajstić information content (AvgIpc) is 2.58. The highest BCUT2D eigenvalue weighted by Gasteiger charge is 2.48. The van der Waals surface area contributed by atoms with E-state index in [4.69, 9.17) is 5.73 Å². The number of hydrogen-bond acceptors (Lipinski definition) is 2. The minimum Gasteiger partial charge on any atom is -0.342 e. The van der Waals surface area contributed by atoms with Crippen LogP contribution in [0.1, 0.15) is 26.2 Å². The lowest BCUT2D eigenvalue weighted by Crippen LogP contribution is -2.36. The molecule has 0 spiro atoms. The van der Waals surface area contributed by atoms with Gasteiger partial charge in [-0.05, 0) is 25.3 Å². The van der Waals surface area contributed by atoms with Crippen LogP contribution in [0.25, 0.3) is 0 Å². The summed E-state index contributed by atoms with van der Waals surface area (Å²) in [6, 6.07) is 0.